The third kappa shape index (κ3) is 9.63. The first kappa shape index (κ1) is 41.5. The van der Waals surface area contributed by atoms with Crippen molar-refractivity contribution in [3.8, 4) is 41.4 Å². The fraction of sp³-hybridized carbons (Fsp3) is 0.163. The lowest BCUT2D eigenvalue weighted by atomic mass is 10.1. The molecule has 0 amide bonds. The molecule has 17 heteroatoms. The molecule has 4 aromatic heterocycles. The third-order valence-corrected chi connectivity index (χ3v) is 11.7. The van der Waals surface area contributed by atoms with Crippen molar-refractivity contribution in [2.75, 3.05) is 21.3 Å². The summed E-state index contributed by atoms with van der Waals surface area (Å²) in [6, 6.07) is 32.7. The number of methoxy groups -OCH3 is 3. The summed E-state index contributed by atoms with van der Waals surface area (Å²) in [5.74, 6) is 0.359. The van der Waals surface area contributed by atoms with Gasteiger partial charge in [0, 0.05) is 12.4 Å². The van der Waals surface area contributed by atoms with Crippen LogP contribution in [0, 0.1) is 22.7 Å². The van der Waals surface area contributed by atoms with Crippen LogP contribution in [-0.4, -0.2) is 51.2 Å². The minimum absolute atomic E-state index is 0.164. The predicted molar refractivity (Wildman–Crippen MR) is 229 cm³/mol. The molecule has 0 spiro atoms. The summed E-state index contributed by atoms with van der Waals surface area (Å²) in [5, 5.41) is 21.8. The topological polar surface area (TPSA) is 171 Å². The highest BCUT2D eigenvalue weighted by Gasteiger charge is 2.22. The van der Waals surface area contributed by atoms with Crippen molar-refractivity contribution in [1.29, 1.82) is 10.5 Å². The zero-order chi connectivity index (χ0) is 42.0. The third-order valence-electron chi connectivity index (χ3n) is 8.72. The number of hydrogen-bond donors (Lipinski definition) is 0. The molecule has 4 heterocycles. The van der Waals surface area contributed by atoms with Crippen LogP contribution in [0.15, 0.2) is 103 Å². The molecule has 0 aliphatic rings. The average Bonchev–Trinajstić information content (AvgIpc) is 3.91. The molecule has 8 aromatic rings. The van der Waals surface area contributed by atoms with Gasteiger partial charge >= 0.3 is 12.0 Å². The van der Waals surface area contributed by atoms with E-state index in [4.69, 9.17) is 46.9 Å². The molecular formula is C43H32Cl2N8O5S2. The van der Waals surface area contributed by atoms with E-state index in [9.17, 15) is 10.5 Å². The van der Waals surface area contributed by atoms with E-state index in [2.05, 4.69) is 42.0 Å². The number of benzene rings is 4. The highest BCUT2D eigenvalue weighted by molar-refractivity contribution is 7.19. The number of nitriles is 2. The minimum atomic E-state index is -0.612. The predicted octanol–water partition coefficient (Wildman–Crippen LogP) is 9.97. The van der Waals surface area contributed by atoms with E-state index >= 15 is 0 Å². The van der Waals surface area contributed by atoms with Gasteiger partial charge in [-0.15, -0.1) is 22.7 Å². The number of fused-ring (bicyclic) bond motifs is 2. The number of ether oxygens (including phenoxy) is 5. The molecule has 0 aliphatic heterocycles. The first-order chi connectivity index (χ1) is 29.3. The van der Waals surface area contributed by atoms with E-state index in [1.807, 2.05) is 54.6 Å². The van der Waals surface area contributed by atoms with E-state index in [-0.39, 0.29) is 25.2 Å². The van der Waals surface area contributed by atoms with Gasteiger partial charge < -0.3 is 23.7 Å². The largest absolute Gasteiger partial charge is 0.493 e. The van der Waals surface area contributed by atoms with E-state index in [1.165, 1.54) is 22.7 Å². The number of hydrogen-bond acceptors (Lipinski definition) is 15. The molecule has 60 heavy (non-hydrogen) atoms. The number of thiazole rings is 2. The highest BCUT2D eigenvalue weighted by atomic mass is 35.5. The molecule has 0 bridgehead atoms. The van der Waals surface area contributed by atoms with Crippen LogP contribution in [0.2, 0.25) is 10.0 Å². The average molecular weight is 876 g/mol. The van der Waals surface area contributed by atoms with Crippen LogP contribution in [0.1, 0.15) is 44.4 Å². The summed E-state index contributed by atoms with van der Waals surface area (Å²) < 4.78 is 29.6. The summed E-state index contributed by atoms with van der Waals surface area (Å²) in [6.07, 6.45) is 3.15. The number of halogens is 2. The van der Waals surface area contributed by atoms with Crippen LogP contribution >= 0.6 is 45.9 Å². The maximum absolute atomic E-state index is 9.80. The normalized spacial score (nSPS) is 11.7. The van der Waals surface area contributed by atoms with Gasteiger partial charge in [-0.05, 0) is 71.8 Å². The van der Waals surface area contributed by atoms with Crippen LogP contribution in [0.5, 0.6) is 29.3 Å². The Balaban J connectivity index is 0.000000183. The van der Waals surface area contributed by atoms with E-state index in [0.29, 0.717) is 48.7 Å². The number of rotatable bonds is 13. The van der Waals surface area contributed by atoms with Crippen molar-refractivity contribution in [1.82, 2.24) is 29.9 Å². The van der Waals surface area contributed by atoms with Crippen molar-refractivity contribution in [3.05, 3.63) is 146 Å². The summed E-state index contributed by atoms with van der Waals surface area (Å²) in [7, 11) is 4.66. The Hall–Kier alpha value is -6.62. The zero-order valence-electron chi connectivity index (χ0n) is 32.1. The molecule has 0 N–H and O–H groups in total. The molecule has 0 radical (unpaired) electrons. The molecule has 4 aromatic carbocycles. The maximum Gasteiger partial charge on any atom is 0.316 e. The van der Waals surface area contributed by atoms with E-state index in [1.54, 1.807) is 70.1 Å². The Morgan fingerprint density at radius 2 is 1.08 bits per heavy atom. The molecule has 0 saturated carbocycles. The number of nitrogens with zero attached hydrogens (tertiary/aromatic N) is 8. The van der Waals surface area contributed by atoms with Crippen molar-refractivity contribution in [2.45, 2.75) is 25.0 Å². The van der Waals surface area contributed by atoms with Crippen molar-refractivity contribution in [3.63, 3.8) is 0 Å². The first-order valence-electron chi connectivity index (χ1n) is 17.9. The van der Waals surface area contributed by atoms with E-state index in [0.717, 1.165) is 31.6 Å². The molecule has 300 valence electrons. The summed E-state index contributed by atoms with van der Waals surface area (Å²) in [6.45, 7) is 0.414. The second-order valence-corrected chi connectivity index (χ2v) is 15.5. The van der Waals surface area contributed by atoms with Gasteiger partial charge in [-0.3, -0.25) is 0 Å². The summed E-state index contributed by atoms with van der Waals surface area (Å²) >= 11 is 14.9. The van der Waals surface area contributed by atoms with Crippen molar-refractivity contribution >= 4 is 66.3 Å². The summed E-state index contributed by atoms with van der Waals surface area (Å²) in [5.41, 5.74) is 4.43. The number of aromatic nitrogens is 6. The lowest BCUT2D eigenvalue weighted by Gasteiger charge is -2.14. The SMILES string of the molecule is COc1cc(COc2nccc(C(C#N)c3nc4ccccc4s3)n2)cc(OC)c1OC.N#CC(c1ccnc(OCc2ccc(Cl)c(Cl)c2)n1)c1nc2ccccc2s1. The van der Waals surface area contributed by atoms with Gasteiger partial charge in [-0.25, -0.2) is 19.9 Å². The smallest absolute Gasteiger partial charge is 0.316 e. The highest BCUT2D eigenvalue weighted by Crippen LogP contribution is 2.39. The molecule has 0 saturated heterocycles. The molecule has 0 fully saturated rings. The fourth-order valence-electron chi connectivity index (χ4n) is 5.84. The second kappa shape index (κ2) is 19.4. The van der Waals surface area contributed by atoms with Gasteiger partial charge in [0.15, 0.2) is 11.5 Å². The van der Waals surface area contributed by atoms with Gasteiger partial charge in [0.1, 0.15) is 35.1 Å². The van der Waals surface area contributed by atoms with Crippen LogP contribution in [0.25, 0.3) is 20.4 Å². The molecule has 0 aliphatic carbocycles. The van der Waals surface area contributed by atoms with Gasteiger partial charge in [0.25, 0.3) is 0 Å². The first-order valence-corrected chi connectivity index (χ1v) is 20.3. The summed E-state index contributed by atoms with van der Waals surface area (Å²) in [4.78, 5) is 26.3. The van der Waals surface area contributed by atoms with Gasteiger partial charge in [-0.2, -0.15) is 20.5 Å². The lowest BCUT2D eigenvalue weighted by molar-refractivity contribution is 0.276. The van der Waals surface area contributed by atoms with Crippen LogP contribution in [0.4, 0.5) is 0 Å². The van der Waals surface area contributed by atoms with Gasteiger partial charge in [0.05, 0.1) is 75.3 Å². The molecule has 2 atom stereocenters. The van der Waals surface area contributed by atoms with Crippen LogP contribution < -0.4 is 23.7 Å². The molecular weight excluding hydrogens is 844 g/mol. The fourth-order valence-corrected chi connectivity index (χ4v) is 8.21. The lowest BCUT2D eigenvalue weighted by Crippen LogP contribution is -2.05. The molecule has 13 nitrogen and oxygen atoms in total. The zero-order valence-corrected chi connectivity index (χ0v) is 35.2. The maximum atomic E-state index is 9.80. The Bertz CT molecular complexity index is 2770. The Morgan fingerprint density at radius 3 is 1.53 bits per heavy atom. The Morgan fingerprint density at radius 1 is 0.583 bits per heavy atom. The second-order valence-electron chi connectivity index (χ2n) is 12.6. The minimum Gasteiger partial charge on any atom is -0.493 e. The van der Waals surface area contributed by atoms with Crippen LogP contribution in [0.3, 0.4) is 0 Å². The molecule has 8 rings (SSSR count). The standard InChI is InChI=1S/C23H20N4O4S.C20H12Cl2N4OS/c1-28-18-10-14(11-19(29-2)21(18)30-3)13-31-23-25-9-8-16(27-23)15(12-24)22-26-17-6-4-5-7-20(17)32-22;21-14-6-5-12(9-15(14)22)11-27-20-24-8-7-16(26-20)13(10-23)19-25-17-3-1-2-4-18(17)28-19/h4-11,15H,13H2,1-3H3;1-9,13H,11H2. The monoisotopic (exact) mass is 874 g/mol. The van der Waals surface area contributed by atoms with E-state index < -0.39 is 11.8 Å². The Kier molecular flexibility index (Phi) is 13.4. The van der Waals surface area contributed by atoms with Crippen molar-refractivity contribution < 1.29 is 23.7 Å². The van der Waals surface area contributed by atoms with Crippen LogP contribution in [-0.2, 0) is 13.2 Å². The number of para-hydroxylation sites is 2. The van der Waals surface area contributed by atoms with Gasteiger partial charge in [0.2, 0.25) is 5.75 Å². The van der Waals surface area contributed by atoms with Crippen molar-refractivity contribution in [2.24, 2.45) is 0 Å². The molecule has 2 unspecified atom stereocenters. The quantitative estimate of drug-likeness (QED) is 0.107. The van der Waals surface area contributed by atoms with Gasteiger partial charge in [-0.1, -0.05) is 53.5 Å². The Labute approximate surface area is 362 Å².